The van der Waals surface area contributed by atoms with Gasteiger partial charge in [-0.2, -0.15) is 0 Å². The minimum atomic E-state index is -3.07. The molecule has 0 radical (unpaired) electrons. The molecule has 26 heavy (non-hydrogen) atoms. The Balaban J connectivity index is 2.02. The van der Waals surface area contributed by atoms with Crippen molar-refractivity contribution in [1.29, 1.82) is 0 Å². The van der Waals surface area contributed by atoms with E-state index in [-0.39, 0.29) is 46.6 Å². The predicted octanol–water partition coefficient (Wildman–Crippen LogP) is 0.362. The maximum absolute atomic E-state index is 12.5. The van der Waals surface area contributed by atoms with E-state index < -0.39 is 21.1 Å². The number of nitrogens with zero attached hydrogens (tertiary/aromatic N) is 3. The van der Waals surface area contributed by atoms with Gasteiger partial charge in [0.15, 0.2) is 15.0 Å². The van der Waals surface area contributed by atoms with Crippen LogP contribution in [0, 0.1) is 0 Å². The fourth-order valence-corrected chi connectivity index (χ4v) is 5.18. The number of carbonyl (C=O) groups excluding carboxylic acids is 2. The van der Waals surface area contributed by atoms with E-state index in [2.05, 4.69) is 9.97 Å². The average Bonchev–Trinajstić information content (AvgIpc) is 2.93. The van der Waals surface area contributed by atoms with Gasteiger partial charge in [-0.1, -0.05) is 11.8 Å². The van der Waals surface area contributed by atoms with Crippen molar-refractivity contribution >= 4 is 39.3 Å². The van der Waals surface area contributed by atoms with E-state index >= 15 is 0 Å². The normalized spacial score (nSPS) is 19.7. The molecule has 0 aliphatic carbocycles. The van der Waals surface area contributed by atoms with Gasteiger partial charge in [0.1, 0.15) is 11.4 Å². The third-order valence-corrected chi connectivity index (χ3v) is 6.74. The minimum absolute atomic E-state index is 0.00961. The highest BCUT2D eigenvalue weighted by atomic mass is 32.2. The molecule has 0 spiro atoms. The summed E-state index contributed by atoms with van der Waals surface area (Å²) in [7, 11) is -1.47. The van der Waals surface area contributed by atoms with E-state index in [9.17, 15) is 18.0 Å². The summed E-state index contributed by atoms with van der Waals surface area (Å²) in [4.78, 5) is 33.8. The van der Waals surface area contributed by atoms with Crippen LogP contribution in [0.5, 0.6) is 0 Å². The minimum Gasteiger partial charge on any atom is -0.462 e. The first-order valence-corrected chi connectivity index (χ1v) is 10.8. The molecule has 9 nitrogen and oxygen atoms in total. The van der Waals surface area contributed by atoms with E-state index in [1.165, 1.54) is 11.1 Å². The van der Waals surface area contributed by atoms with Crippen molar-refractivity contribution in [2.24, 2.45) is 0 Å². The second-order valence-electron chi connectivity index (χ2n) is 5.94. The van der Waals surface area contributed by atoms with E-state index in [0.717, 1.165) is 11.8 Å². The summed E-state index contributed by atoms with van der Waals surface area (Å²) in [6.07, 6.45) is 1.72. The van der Waals surface area contributed by atoms with Crippen LogP contribution in [0.25, 0.3) is 0 Å². The monoisotopic (exact) mass is 402 g/mol. The van der Waals surface area contributed by atoms with Crippen molar-refractivity contribution in [3.8, 4) is 0 Å². The fourth-order valence-electron chi connectivity index (χ4n) is 2.56. The number of nitrogen functional groups attached to an aromatic ring is 1. The number of carbonyl (C=O) groups is 2. The Morgan fingerprint density at radius 2 is 2.19 bits per heavy atom. The van der Waals surface area contributed by atoms with Crippen LogP contribution in [0.3, 0.4) is 0 Å². The zero-order valence-electron chi connectivity index (χ0n) is 14.8. The lowest BCUT2D eigenvalue weighted by molar-refractivity contribution is -0.130. The van der Waals surface area contributed by atoms with Crippen molar-refractivity contribution in [2.45, 2.75) is 36.7 Å². The Bertz CT molecular complexity index is 799. The van der Waals surface area contributed by atoms with Crippen molar-refractivity contribution in [1.82, 2.24) is 14.9 Å². The first-order chi connectivity index (χ1) is 12.1. The molecule has 1 saturated heterocycles. The number of rotatable bonds is 6. The largest absolute Gasteiger partial charge is 0.462 e. The molecule has 1 amide bonds. The van der Waals surface area contributed by atoms with E-state index in [4.69, 9.17) is 10.5 Å². The molecule has 2 N–H and O–H groups in total. The Labute approximate surface area is 156 Å². The number of nitrogens with two attached hydrogens (primary N) is 1. The van der Waals surface area contributed by atoms with E-state index in [0.29, 0.717) is 6.42 Å². The molecule has 2 atom stereocenters. The SMILES string of the molecule is CCOC(=O)c1cnc(S[C@@H](C)C(=O)N(C)[C@H]2CCS(=O)(=O)C2)nc1N. The summed E-state index contributed by atoms with van der Waals surface area (Å²) in [6.45, 7) is 3.58. The Morgan fingerprint density at radius 3 is 2.73 bits per heavy atom. The molecule has 1 fully saturated rings. The third kappa shape index (κ3) is 4.85. The van der Waals surface area contributed by atoms with Gasteiger partial charge in [0.05, 0.1) is 23.4 Å². The molecule has 11 heteroatoms. The topological polar surface area (TPSA) is 133 Å². The van der Waals surface area contributed by atoms with Gasteiger partial charge in [0.2, 0.25) is 5.91 Å². The molecule has 1 aromatic rings. The number of thioether (sulfide) groups is 1. The van der Waals surface area contributed by atoms with Crippen LogP contribution in [0.4, 0.5) is 5.82 Å². The highest BCUT2D eigenvalue weighted by Crippen LogP contribution is 2.25. The summed E-state index contributed by atoms with van der Waals surface area (Å²) in [5.74, 6) is -0.742. The van der Waals surface area contributed by atoms with Crippen LogP contribution in [0.15, 0.2) is 11.4 Å². The molecule has 1 aliphatic heterocycles. The van der Waals surface area contributed by atoms with Gasteiger partial charge in [0.25, 0.3) is 0 Å². The molecule has 0 bridgehead atoms. The highest BCUT2D eigenvalue weighted by molar-refractivity contribution is 8.00. The Kier molecular flexibility index (Phi) is 6.45. The number of sulfone groups is 1. The molecule has 0 aromatic carbocycles. The summed E-state index contributed by atoms with van der Waals surface area (Å²) in [6, 6.07) is -0.312. The standard InChI is InChI=1S/C15H22N4O5S2/c1-4-24-14(21)11-7-17-15(18-12(11)16)25-9(2)13(20)19(3)10-5-6-26(22,23)8-10/h7,9-10H,4-6,8H2,1-3H3,(H2,16,17,18)/t9-,10-/m0/s1. The molecular formula is C15H22N4O5S2. The second-order valence-corrected chi connectivity index (χ2v) is 9.47. The average molecular weight is 402 g/mol. The van der Waals surface area contributed by atoms with E-state index in [1.54, 1.807) is 20.9 Å². The maximum Gasteiger partial charge on any atom is 0.343 e. The summed E-state index contributed by atoms with van der Waals surface area (Å²) >= 11 is 1.09. The lowest BCUT2D eigenvalue weighted by Crippen LogP contribution is -2.41. The molecule has 144 valence electrons. The molecule has 0 unspecified atom stereocenters. The van der Waals surface area contributed by atoms with Gasteiger partial charge < -0.3 is 15.4 Å². The maximum atomic E-state index is 12.5. The van der Waals surface area contributed by atoms with Crippen LogP contribution in [0.2, 0.25) is 0 Å². The van der Waals surface area contributed by atoms with Crippen LogP contribution in [-0.4, -0.2) is 71.6 Å². The van der Waals surface area contributed by atoms with Crippen LogP contribution in [-0.2, 0) is 19.4 Å². The van der Waals surface area contributed by atoms with Gasteiger partial charge in [-0.15, -0.1) is 0 Å². The van der Waals surface area contributed by atoms with Crippen molar-refractivity contribution in [3.05, 3.63) is 11.8 Å². The molecule has 2 rings (SSSR count). The van der Waals surface area contributed by atoms with Crippen LogP contribution in [0.1, 0.15) is 30.6 Å². The second kappa shape index (κ2) is 8.21. The summed E-state index contributed by atoms with van der Waals surface area (Å²) < 4.78 is 28.0. The van der Waals surface area contributed by atoms with Gasteiger partial charge >= 0.3 is 5.97 Å². The Morgan fingerprint density at radius 1 is 1.50 bits per heavy atom. The van der Waals surface area contributed by atoms with Gasteiger partial charge in [-0.05, 0) is 20.3 Å². The lowest BCUT2D eigenvalue weighted by atomic mass is 10.2. The van der Waals surface area contributed by atoms with Crippen LogP contribution >= 0.6 is 11.8 Å². The molecule has 2 heterocycles. The zero-order chi connectivity index (χ0) is 19.5. The Hall–Kier alpha value is -1.88. The molecule has 1 aromatic heterocycles. The number of hydrogen-bond acceptors (Lipinski definition) is 9. The fraction of sp³-hybridized carbons (Fsp3) is 0.600. The number of esters is 1. The number of anilines is 1. The zero-order valence-corrected chi connectivity index (χ0v) is 16.5. The summed E-state index contributed by atoms with van der Waals surface area (Å²) in [5.41, 5.74) is 5.84. The van der Waals surface area contributed by atoms with Crippen molar-refractivity contribution in [3.63, 3.8) is 0 Å². The quantitative estimate of drug-likeness (QED) is 0.407. The first-order valence-electron chi connectivity index (χ1n) is 8.08. The van der Waals surface area contributed by atoms with E-state index in [1.807, 2.05) is 0 Å². The van der Waals surface area contributed by atoms with Gasteiger partial charge in [-0.3, -0.25) is 4.79 Å². The number of ether oxygens (including phenoxy) is 1. The number of amides is 1. The highest BCUT2D eigenvalue weighted by Gasteiger charge is 2.34. The smallest absolute Gasteiger partial charge is 0.343 e. The number of aromatic nitrogens is 2. The number of hydrogen-bond donors (Lipinski definition) is 1. The first kappa shape index (κ1) is 20.4. The molecular weight excluding hydrogens is 380 g/mol. The van der Waals surface area contributed by atoms with Gasteiger partial charge in [0, 0.05) is 19.3 Å². The third-order valence-electron chi connectivity index (χ3n) is 4.03. The van der Waals surface area contributed by atoms with Crippen molar-refractivity contribution < 1.29 is 22.7 Å². The lowest BCUT2D eigenvalue weighted by Gasteiger charge is -2.26. The van der Waals surface area contributed by atoms with Crippen LogP contribution < -0.4 is 5.73 Å². The van der Waals surface area contributed by atoms with Crippen molar-refractivity contribution in [2.75, 3.05) is 30.9 Å². The molecule has 1 aliphatic rings. The summed E-state index contributed by atoms with van der Waals surface area (Å²) in [5, 5.41) is -0.278. The predicted molar refractivity (Wildman–Crippen MR) is 97.5 cm³/mol. The van der Waals surface area contributed by atoms with Gasteiger partial charge in [-0.25, -0.2) is 23.2 Å². The molecule has 0 saturated carbocycles.